The Bertz CT molecular complexity index is 1260. The first-order chi connectivity index (χ1) is 14.8. The molecule has 4 N–H and O–H groups in total. The number of aromatic nitrogens is 2. The van der Waals surface area contributed by atoms with Gasteiger partial charge in [0.2, 0.25) is 11.8 Å². The summed E-state index contributed by atoms with van der Waals surface area (Å²) in [5, 5.41) is 8.55. The normalized spacial score (nSPS) is 11.0. The maximum atomic E-state index is 15.2. The van der Waals surface area contributed by atoms with Gasteiger partial charge in [-0.1, -0.05) is 35.3 Å². The number of aryl methyl sites for hydroxylation is 1. The van der Waals surface area contributed by atoms with Crippen molar-refractivity contribution >= 4 is 34.6 Å². The highest BCUT2D eigenvalue weighted by atomic mass is 35.5. The van der Waals surface area contributed by atoms with E-state index in [1.54, 1.807) is 18.2 Å². The minimum Gasteiger partial charge on any atom is -0.453 e. The fourth-order valence-corrected chi connectivity index (χ4v) is 3.45. The van der Waals surface area contributed by atoms with Crippen LogP contribution in [0.4, 0.5) is 15.8 Å². The summed E-state index contributed by atoms with van der Waals surface area (Å²) >= 11 is 12.1. The van der Waals surface area contributed by atoms with Gasteiger partial charge in [0.1, 0.15) is 5.75 Å². The monoisotopic (exact) mass is 458 g/mol. The van der Waals surface area contributed by atoms with E-state index in [-0.39, 0.29) is 34.4 Å². The lowest BCUT2D eigenvalue weighted by molar-refractivity contribution is 0.437. The molecule has 3 aromatic carbocycles. The van der Waals surface area contributed by atoms with Gasteiger partial charge in [0.25, 0.3) is 0 Å². The molecule has 1 aromatic heterocycles. The van der Waals surface area contributed by atoms with Gasteiger partial charge in [-0.25, -0.2) is 4.39 Å². The van der Waals surface area contributed by atoms with Gasteiger partial charge in [0.15, 0.2) is 11.6 Å². The van der Waals surface area contributed by atoms with Crippen LogP contribution in [0.3, 0.4) is 0 Å². The molecular formula is C22H17Cl2FN4O2. The summed E-state index contributed by atoms with van der Waals surface area (Å²) in [4.78, 5) is 0. The van der Waals surface area contributed by atoms with Crippen molar-refractivity contribution in [3.63, 3.8) is 0 Å². The lowest BCUT2D eigenvalue weighted by Crippen LogP contribution is -1.98. The van der Waals surface area contributed by atoms with E-state index < -0.39 is 5.82 Å². The molecule has 0 saturated carbocycles. The molecule has 0 fully saturated rings. The van der Waals surface area contributed by atoms with Gasteiger partial charge in [-0.15, -0.1) is 10.2 Å². The molecule has 1 heterocycles. The molecule has 0 unspecified atom stereocenters. The third kappa shape index (κ3) is 4.57. The number of anilines is 2. The first kappa shape index (κ1) is 21.0. The summed E-state index contributed by atoms with van der Waals surface area (Å²) in [7, 11) is 0. The third-order valence-corrected chi connectivity index (χ3v) is 5.06. The summed E-state index contributed by atoms with van der Waals surface area (Å²) < 4.78 is 26.5. The predicted molar refractivity (Wildman–Crippen MR) is 119 cm³/mol. The van der Waals surface area contributed by atoms with Gasteiger partial charge in [-0.2, -0.15) is 0 Å². The first-order valence-electron chi connectivity index (χ1n) is 9.20. The van der Waals surface area contributed by atoms with Crippen molar-refractivity contribution < 1.29 is 13.5 Å². The number of nitrogens with two attached hydrogens (primary N) is 2. The van der Waals surface area contributed by atoms with Crippen LogP contribution in [-0.4, -0.2) is 10.2 Å². The van der Waals surface area contributed by atoms with E-state index in [0.29, 0.717) is 22.3 Å². The van der Waals surface area contributed by atoms with Crippen molar-refractivity contribution in [2.24, 2.45) is 0 Å². The summed E-state index contributed by atoms with van der Waals surface area (Å²) in [6.07, 6.45) is 0.0470. The average Bonchev–Trinajstić information content (AvgIpc) is 3.17. The van der Waals surface area contributed by atoms with Crippen LogP contribution in [0.5, 0.6) is 11.5 Å². The predicted octanol–water partition coefficient (Wildman–Crippen LogP) is 6.04. The molecule has 0 saturated heterocycles. The minimum atomic E-state index is -0.647. The highest BCUT2D eigenvalue weighted by Gasteiger charge is 2.19. The molecule has 0 amide bonds. The molecule has 0 aliphatic rings. The molecule has 4 aromatic rings. The van der Waals surface area contributed by atoms with E-state index >= 15 is 4.39 Å². The van der Waals surface area contributed by atoms with Crippen molar-refractivity contribution in [3.8, 4) is 23.0 Å². The molecular weight excluding hydrogens is 442 g/mol. The summed E-state index contributed by atoms with van der Waals surface area (Å²) in [6.45, 7) is 1.91. The van der Waals surface area contributed by atoms with E-state index in [1.165, 1.54) is 24.3 Å². The van der Waals surface area contributed by atoms with Gasteiger partial charge in [-0.3, -0.25) is 0 Å². The van der Waals surface area contributed by atoms with Crippen LogP contribution in [0.15, 0.2) is 52.9 Å². The zero-order chi connectivity index (χ0) is 22.1. The molecule has 158 valence electrons. The van der Waals surface area contributed by atoms with Crippen LogP contribution < -0.4 is 16.2 Å². The molecule has 4 rings (SSSR count). The minimum absolute atomic E-state index is 0.0470. The largest absolute Gasteiger partial charge is 0.453 e. The standard InChI is InChI=1S/C22H17Cl2FN4O2/c1-11-2-4-14(26)10-17(11)22-29-28-19(31-22)6-12-3-5-18(24)21(20(12)25)30-16-8-13(23)7-15(27)9-16/h2-5,7-10H,6,26-27H2,1H3. The maximum Gasteiger partial charge on any atom is 0.248 e. The SMILES string of the molecule is Cc1ccc(N)cc1-c1nnc(Cc2ccc(Cl)c(Oc3cc(N)cc(Cl)c3)c2F)o1. The Balaban J connectivity index is 1.62. The van der Waals surface area contributed by atoms with Crippen LogP contribution >= 0.6 is 23.2 Å². The Morgan fingerprint density at radius 2 is 1.81 bits per heavy atom. The number of hydrogen-bond donors (Lipinski definition) is 2. The highest BCUT2D eigenvalue weighted by molar-refractivity contribution is 6.32. The molecule has 9 heteroatoms. The topological polar surface area (TPSA) is 100 Å². The molecule has 6 nitrogen and oxygen atoms in total. The van der Waals surface area contributed by atoms with E-state index in [9.17, 15) is 0 Å². The second-order valence-corrected chi connectivity index (χ2v) is 7.77. The third-order valence-electron chi connectivity index (χ3n) is 4.54. The number of halogens is 3. The van der Waals surface area contributed by atoms with Crippen LogP contribution in [0.1, 0.15) is 17.0 Å². The first-order valence-corrected chi connectivity index (χ1v) is 9.95. The van der Waals surface area contributed by atoms with Gasteiger partial charge in [0.05, 0.1) is 11.4 Å². The highest BCUT2D eigenvalue weighted by Crippen LogP contribution is 2.36. The maximum absolute atomic E-state index is 15.2. The number of rotatable bonds is 5. The fourth-order valence-electron chi connectivity index (χ4n) is 3.03. The molecule has 0 spiro atoms. The zero-order valence-electron chi connectivity index (χ0n) is 16.3. The van der Waals surface area contributed by atoms with E-state index in [2.05, 4.69) is 10.2 Å². The van der Waals surface area contributed by atoms with Crippen molar-refractivity contribution in [1.82, 2.24) is 10.2 Å². The quantitative estimate of drug-likeness (QED) is 0.353. The average molecular weight is 459 g/mol. The van der Waals surface area contributed by atoms with Gasteiger partial charge >= 0.3 is 0 Å². The number of benzene rings is 3. The Morgan fingerprint density at radius 1 is 1.00 bits per heavy atom. The van der Waals surface area contributed by atoms with E-state index in [0.717, 1.165) is 11.1 Å². The van der Waals surface area contributed by atoms with Crippen molar-refractivity contribution in [2.45, 2.75) is 13.3 Å². The summed E-state index contributed by atoms with van der Waals surface area (Å²) in [6, 6.07) is 13.0. The van der Waals surface area contributed by atoms with Crippen LogP contribution in [0, 0.1) is 12.7 Å². The lowest BCUT2D eigenvalue weighted by Gasteiger charge is -2.12. The van der Waals surface area contributed by atoms with Gasteiger partial charge in [0, 0.05) is 33.6 Å². The van der Waals surface area contributed by atoms with Crippen molar-refractivity contribution in [2.75, 3.05) is 11.5 Å². The van der Waals surface area contributed by atoms with Crippen LogP contribution in [0.25, 0.3) is 11.5 Å². The van der Waals surface area contributed by atoms with Crippen LogP contribution in [0.2, 0.25) is 10.0 Å². The van der Waals surface area contributed by atoms with Crippen molar-refractivity contribution in [1.29, 1.82) is 0 Å². The molecule has 0 aliphatic heterocycles. The lowest BCUT2D eigenvalue weighted by atomic mass is 10.1. The summed E-state index contributed by atoms with van der Waals surface area (Å²) in [5.41, 5.74) is 14.5. The van der Waals surface area contributed by atoms with Gasteiger partial charge in [-0.05, 0) is 42.8 Å². The summed E-state index contributed by atoms with van der Waals surface area (Å²) in [5.74, 6) is 0.00870. The van der Waals surface area contributed by atoms with Gasteiger partial charge < -0.3 is 20.6 Å². The Kier molecular flexibility index (Phi) is 5.71. The Morgan fingerprint density at radius 3 is 2.58 bits per heavy atom. The second kappa shape index (κ2) is 8.45. The van der Waals surface area contributed by atoms with Crippen LogP contribution in [-0.2, 0) is 6.42 Å². The molecule has 31 heavy (non-hydrogen) atoms. The Hall–Kier alpha value is -3.29. The van der Waals surface area contributed by atoms with E-state index in [4.69, 9.17) is 43.8 Å². The zero-order valence-corrected chi connectivity index (χ0v) is 17.8. The molecule has 0 aliphatic carbocycles. The fraction of sp³-hybridized carbons (Fsp3) is 0.0909. The molecule has 0 bridgehead atoms. The second-order valence-electron chi connectivity index (χ2n) is 6.92. The number of nitrogen functional groups attached to an aromatic ring is 2. The molecule has 0 atom stereocenters. The van der Waals surface area contributed by atoms with Crippen molar-refractivity contribution in [3.05, 3.63) is 81.4 Å². The number of ether oxygens (including phenoxy) is 1. The number of hydrogen-bond acceptors (Lipinski definition) is 6. The smallest absolute Gasteiger partial charge is 0.248 e. The number of nitrogens with zero attached hydrogens (tertiary/aromatic N) is 2. The molecule has 0 radical (unpaired) electrons. The van der Waals surface area contributed by atoms with E-state index in [1.807, 2.05) is 13.0 Å². The Labute approximate surface area is 187 Å².